The van der Waals surface area contributed by atoms with E-state index in [0.717, 1.165) is 29.3 Å². The van der Waals surface area contributed by atoms with Crippen LogP contribution in [-0.2, 0) is 4.79 Å². The van der Waals surface area contributed by atoms with E-state index in [2.05, 4.69) is 54.2 Å². The Morgan fingerprint density at radius 2 is 1.95 bits per heavy atom. The van der Waals surface area contributed by atoms with Gasteiger partial charge in [0, 0.05) is 9.89 Å². The number of hydrogen-bond donors (Lipinski definition) is 1. The number of carbonyl (C=O) groups is 1. The van der Waals surface area contributed by atoms with E-state index in [0.29, 0.717) is 5.92 Å². The Morgan fingerprint density at radius 1 is 1.29 bits per heavy atom. The van der Waals surface area contributed by atoms with Crippen molar-refractivity contribution in [2.24, 2.45) is 11.3 Å². The predicted octanol–water partition coefficient (Wildman–Crippen LogP) is 5.23. The smallest absolute Gasteiger partial charge is 0.226 e. The van der Waals surface area contributed by atoms with E-state index in [1.807, 2.05) is 12.1 Å². The maximum absolute atomic E-state index is 12.8. The predicted molar refractivity (Wildman–Crippen MR) is 91.1 cm³/mol. The lowest BCUT2D eigenvalue weighted by Crippen LogP contribution is -2.41. The molecule has 0 spiro atoms. The molecule has 1 amide bonds. The highest BCUT2D eigenvalue weighted by Crippen LogP contribution is 2.43. The van der Waals surface area contributed by atoms with Gasteiger partial charge in [0.1, 0.15) is 0 Å². The van der Waals surface area contributed by atoms with Gasteiger partial charge in [0.15, 0.2) is 0 Å². The molecule has 1 unspecified atom stereocenters. The van der Waals surface area contributed by atoms with Crippen molar-refractivity contribution in [3.63, 3.8) is 0 Å². The Bertz CT molecular complexity index is 492. The van der Waals surface area contributed by atoms with Crippen LogP contribution in [0.4, 0.5) is 0 Å². The van der Waals surface area contributed by atoms with Crippen LogP contribution < -0.4 is 5.32 Å². The largest absolute Gasteiger partial charge is 0.349 e. The first kappa shape index (κ1) is 16.5. The van der Waals surface area contributed by atoms with Gasteiger partial charge in [-0.2, -0.15) is 0 Å². The van der Waals surface area contributed by atoms with Gasteiger partial charge in [0.2, 0.25) is 5.91 Å². The van der Waals surface area contributed by atoms with E-state index in [1.54, 1.807) is 0 Å². The van der Waals surface area contributed by atoms with Gasteiger partial charge >= 0.3 is 0 Å². The summed E-state index contributed by atoms with van der Waals surface area (Å²) < 4.78 is 1.05. The minimum Gasteiger partial charge on any atom is -0.349 e. The fourth-order valence-corrected chi connectivity index (χ4v) is 3.98. The average molecular weight is 352 g/mol. The molecule has 0 radical (unpaired) electrons. The summed E-state index contributed by atoms with van der Waals surface area (Å²) in [7, 11) is 0. The highest BCUT2D eigenvalue weighted by atomic mass is 79.9. The molecule has 1 atom stereocenters. The number of halogens is 1. The van der Waals surface area contributed by atoms with Gasteiger partial charge in [-0.1, -0.05) is 54.8 Å². The highest BCUT2D eigenvalue weighted by Gasteiger charge is 2.41. The highest BCUT2D eigenvalue weighted by molar-refractivity contribution is 9.10. The molecule has 3 heteroatoms. The number of amides is 1. The van der Waals surface area contributed by atoms with E-state index in [1.165, 1.54) is 12.8 Å². The van der Waals surface area contributed by atoms with Crippen molar-refractivity contribution >= 4 is 21.8 Å². The number of hydrogen-bond acceptors (Lipinski definition) is 1. The second kappa shape index (κ2) is 6.95. The van der Waals surface area contributed by atoms with E-state index < -0.39 is 0 Å². The molecule has 116 valence electrons. The third kappa shape index (κ3) is 4.09. The Balaban J connectivity index is 2.08. The first-order valence-electron chi connectivity index (χ1n) is 7.99. The maximum atomic E-state index is 12.8. The van der Waals surface area contributed by atoms with Crippen molar-refractivity contribution in [1.82, 2.24) is 5.32 Å². The van der Waals surface area contributed by atoms with Crippen molar-refractivity contribution in [3.8, 4) is 0 Å². The summed E-state index contributed by atoms with van der Waals surface area (Å²) in [6.45, 7) is 6.49. The quantitative estimate of drug-likeness (QED) is 0.772. The Kier molecular flexibility index (Phi) is 5.48. The molecule has 0 bridgehead atoms. The van der Waals surface area contributed by atoms with E-state index >= 15 is 0 Å². The molecule has 1 saturated carbocycles. The van der Waals surface area contributed by atoms with Crippen LogP contribution in [-0.4, -0.2) is 5.91 Å². The third-order valence-corrected chi connectivity index (χ3v) is 5.03. The molecule has 1 aromatic carbocycles. The van der Waals surface area contributed by atoms with Gasteiger partial charge in [-0.25, -0.2) is 0 Å². The Morgan fingerprint density at radius 3 is 2.52 bits per heavy atom. The van der Waals surface area contributed by atoms with Crippen LogP contribution in [0, 0.1) is 11.3 Å². The van der Waals surface area contributed by atoms with Crippen LogP contribution in [0.3, 0.4) is 0 Å². The SMILES string of the molecule is CC(C)CC1(C(=O)NC(C)c2cccc(Br)c2)CCCC1. The normalized spacial score (nSPS) is 18.7. The second-order valence-corrected chi connectivity index (χ2v) is 7.75. The van der Waals surface area contributed by atoms with Crippen molar-refractivity contribution in [3.05, 3.63) is 34.3 Å². The van der Waals surface area contributed by atoms with Crippen LogP contribution in [0.25, 0.3) is 0 Å². The first-order valence-corrected chi connectivity index (χ1v) is 8.79. The van der Waals surface area contributed by atoms with Crippen molar-refractivity contribution in [2.45, 2.75) is 58.9 Å². The maximum Gasteiger partial charge on any atom is 0.226 e. The molecule has 1 aliphatic carbocycles. The monoisotopic (exact) mass is 351 g/mol. The zero-order chi connectivity index (χ0) is 15.5. The molecule has 0 heterocycles. The Hall–Kier alpha value is -0.830. The van der Waals surface area contributed by atoms with E-state index in [9.17, 15) is 4.79 Å². The number of carbonyl (C=O) groups excluding carboxylic acids is 1. The number of rotatable bonds is 5. The molecule has 1 N–H and O–H groups in total. The minimum atomic E-state index is -0.131. The molecule has 1 aromatic rings. The average Bonchev–Trinajstić information content (AvgIpc) is 2.87. The van der Waals surface area contributed by atoms with Crippen LogP contribution >= 0.6 is 15.9 Å². The second-order valence-electron chi connectivity index (χ2n) is 6.84. The molecule has 1 aliphatic rings. The zero-order valence-corrected chi connectivity index (χ0v) is 14.9. The van der Waals surface area contributed by atoms with Crippen LogP contribution in [0.1, 0.15) is 64.5 Å². The van der Waals surface area contributed by atoms with Crippen molar-refractivity contribution < 1.29 is 4.79 Å². The minimum absolute atomic E-state index is 0.0552. The summed E-state index contributed by atoms with van der Waals surface area (Å²) in [6.07, 6.45) is 5.46. The number of benzene rings is 1. The van der Waals surface area contributed by atoms with Gasteiger partial charge in [0.25, 0.3) is 0 Å². The molecule has 0 aromatic heterocycles. The number of nitrogens with one attached hydrogen (secondary N) is 1. The van der Waals surface area contributed by atoms with Gasteiger partial charge < -0.3 is 5.32 Å². The molecule has 2 nitrogen and oxygen atoms in total. The fourth-order valence-electron chi connectivity index (χ4n) is 3.57. The molecular weight excluding hydrogens is 326 g/mol. The van der Waals surface area contributed by atoms with Gasteiger partial charge in [-0.3, -0.25) is 4.79 Å². The first-order chi connectivity index (χ1) is 9.93. The summed E-state index contributed by atoms with van der Waals surface area (Å²) >= 11 is 3.49. The van der Waals surface area contributed by atoms with E-state index in [-0.39, 0.29) is 17.4 Å². The summed E-state index contributed by atoms with van der Waals surface area (Å²) in [4.78, 5) is 12.8. The molecule has 2 rings (SSSR count). The molecule has 0 saturated heterocycles. The molecule has 21 heavy (non-hydrogen) atoms. The summed E-state index contributed by atoms with van der Waals surface area (Å²) in [5.41, 5.74) is 1.02. The molecular formula is C18H26BrNO. The molecule has 0 aliphatic heterocycles. The van der Waals surface area contributed by atoms with Crippen molar-refractivity contribution in [1.29, 1.82) is 0 Å². The lowest BCUT2D eigenvalue weighted by Gasteiger charge is -2.31. The van der Waals surface area contributed by atoms with Crippen LogP contribution in [0.2, 0.25) is 0 Å². The lowest BCUT2D eigenvalue weighted by atomic mass is 9.77. The molecule has 1 fully saturated rings. The van der Waals surface area contributed by atoms with Gasteiger partial charge in [-0.15, -0.1) is 0 Å². The fraction of sp³-hybridized carbons (Fsp3) is 0.611. The lowest BCUT2D eigenvalue weighted by molar-refractivity contribution is -0.132. The summed E-state index contributed by atoms with van der Waals surface area (Å²) in [5, 5.41) is 3.25. The van der Waals surface area contributed by atoms with Gasteiger partial charge in [-0.05, 0) is 49.8 Å². The van der Waals surface area contributed by atoms with Crippen LogP contribution in [0.5, 0.6) is 0 Å². The Labute approximate surface area is 136 Å². The summed E-state index contributed by atoms with van der Waals surface area (Å²) in [6, 6.07) is 8.23. The van der Waals surface area contributed by atoms with Crippen LogP contribution in [0.15, 0.2) is 28.7 Å². The van der Waals surface area contributed by atoms with Crippen molar-refractivity contribution in [2.75, 3.05) is 0 Å². The topological polar surface area (TPSA) is 29.1 Å². The third-order valence-electron chi connectivity index (χ3n) is 4.54. The zero-order valence-electron chi connectivity index (χ0n) is 13.3. The standard InChI is InChI=1S/C18H26BrNO/c1-13(2)12-18(9-4-5-10-18)17(21)20-14(3)15-7-6-8-16(19)11-15/h6-8,11,13-14H,4-5,9-10,12H2,1-3H3,(H,20,21). The van der Waals surface area contributed by atoms with E-state index in [4.69, 9.17) is 0 Å². The summed E-state index contributed by atoms with van der Waals surface area (Å²) in [5.74, 6) is 0.816. The van der Waals surface area contributed by atoms with Gasteiger partial charge in [0.05, 0.1) is 6.04 Å².